The summed E-state index contributed by atoms with van der Waals surface area (Å²) >= 11 is 0. The SMILES string of the molecule is O=C(NC1CCCCCC1)[C@@H]1c2ccccc2C(=O)N1Cc1ccccc1. The van der Waals surface area contributed by atoms with Crippen molar-refractivity contribution in [1.29, 1.82) is 0 Å². The zero-order valence-corrected chi connectivity index (χ0v) is 15.6. The summed E-state index contributed by atoms with van der Waals surface area (Å²) in [5.74, 6) is -0.105. The number of fused-ring (bicyclic) bond motifs is 1. The molecule has 0 saturated heterocycles. The smallest absolute Gasteiger partial charge is 0.255 e. The van der Waals surface area contributed by atoms with Gasteiger partial charge >= 0.3 is 0 Å². The van der Waals surface area contributed by atoms with E-state index in [1.54, 1.807) is 4.90 Å². The lowest BCUT2D eigenvalue weighted by Gasteiger charge is -2.27. The van der Waals surface area contributed by atoms with Crippen molar-refractivity contribution >= 4 is 11.8 Å². The van der Waals surface area contributed by atoms with Gasteiger partial charge < -0.3 is 10.2 Å². The predicted octanol–water partition coefficient (Wildman–Crippen LogP) is 4.22. The van der Waals surface area contributed by atoms with E-state index in [0.29, 0.717) is 12.1 Å². The summed E-state index contributed by atoms with van der Waals surface area (Å²) < 4.78 is 0. The number of carbonyl (C=O) groups is 2. The highest BCUT2D eigenvalue weighted by Gasteiger charge is 2.41. The lowest BCUT2D eigenvalue weighted by atomic mass is 10.0. The maximum atomic E-state index is 13.2. The second kappa shape index (κ2) is 7.95. The molecule has 1 saturated carbocycles. The summed E-state index contributed by atoms with van der Waals surface area (Å²) in [7, 11) is 0. The molecule has 2 aromatic carbocycles. The summed E-state index contributed by atoms with van der Waals surface area (Å²) in [6.07, 6.45) is 6.89. The van der Waals surface area contributed by atoms with Crippen LogP contribution >= 0.6 is 0 Å². The third-order valence-electron chi connectivity index (χ3n) is 5.70. The van der Waals surface area contributed by atoms with Crippen LogP contribution in [0.4, 0.5) is 0 Å². The van der Waals surface area contributed by atoms with E-state index < -0.39 is 6.04 Å². The van der Waals surface area contributed by atoms with Crippen molar-refractivity contribution in [2.75, 3.05) is 0 Å². The highest BCUT2D eigenvalue weighted by molar-refractivity contribution is 6.04. The van der Waals surface area contributed by atoms with Crippen LogP contribution in [0.1, 0.15) is 66.1 Å². The molecule has 0 unspecified atom stereocenters. The fraction of sp³-hybridized carbons (Fsp3) is 0.391. The molecule has 140 valence electrons. The van der Waals surface area contributed by atoms with Crippen LogP contribution in [-0.4, -0.2) is 22.8 Å². The average Bonchev–Trinajstić information content (AvgIpc) is 2.84. The first-order chi connectivity index (χ1) is 13.2. The van der Waals surface area contributed by atoms with Gasteiger partial charge in [-0.05, 0) is 30.0 Å². The van der Waals surface area contributed by atoms with Crippen molar-refractivity contribution in [3.63, 3.8) is 0 Å². The molecule has 1 atom stereocenters. The molecule has 4 rings (SSSR count). The maximum Gasteiger partial charge on any atom is 0.255 e. The van der Waals surface area contributed by atoms with Crippen molar-refractivity contribution < 1.29 is 9.59 Å². The van der Waals surface area contributed by atoms with Gasteiger partial charge in [-0.25, -0.2) is 0 Å². The summed E-state index contributed by atoms with van der Waals surface area (Å²) in [6, 6.07) is 17.1. The number of nitrogens with one attached hydrogen (secondary N) is 1. The van der Waals surface area contributed by atoms with E-state index in [1.165, 1.54) is 25.7 Å². The van der Waals surface area contributed by atoms with E-state index in [0.717, 1.165) is 24.0 Å². The van der Waals surface area contributed by atoms with E-state index in [2.05, 4.69) is 5.32 Å². The molecule has 1 heterocycles. The number of hydrogen-bond acceptors (Lipinski definition) is 2. The van der Waals surface area contributed by atoms with E-state index >= 15 is 0 Å². The third-order valence-corrected chi connectivity index (χ3v) is 5.70. The molecule has 0 bridgehead atoms. The number of nitrogens with zero attached hydrogens (tertiary/aromatic N) is 1. The number of benzene rings is 2. The average molecular weight is 362 g/mol. The minimum absolute atomic E-state index is 0.0452. The van der Waals surface area contributed by atoms with E-state index in [-0.39, 0.29) is 17.9 Å². The van der Waals surface area contributed by atoms with Crippen molar-refractivity contribution in [3.05, 3.63) is 71.3 Å². The largest absolute Gasteiger partial charge is 0.351 e. The van der Waals surface area contributed by atoms with Crippen LogP contribution in [0.15, 0.2) is 54.6 Å². The maximum absolute atomic E-state index is 13.2. The molecular formula is C23H26N2O2. The molecule has 1 N–H and O–H groups in total. The normalized spacial score (nSPS) is 20.2. The minimum atomic E-state index is -0.544. The number of amides is 2. The summed E-state index contributed by atoms with van der Waals surface area (Å²) in [5, 5.41) is 3.25. The number of hydrogen-bond donors (Lipinski definition) is 1. The van der Waals surface area contributed by atoms with E-state index in [4.69, 9.17) is 0 Å². The molecule has 4 heteroatoms. The highest BCUT2D eigenvalue weighted by Crippen LogP contribution is 2.35. The second-order valence-corrected chi connectivity index (χ2v) is 7.61. The Balaban J connectivity index is 1.59. The summed E-state index contributed by atoms with van der Waals surface area (Å²) in [6.45, 7) is 0.442. The first-order valence-electron chi connectivity index (χ1n) is 9.98. The Hall–Kier alpha value is -2.62. The Labute approximate surface area is 160 Å². The Kier molecular flexibility index (Phi) is 5.23. The quantitative estimate of drug-likeness (QED) is 0.828. The van der Waals surface area contributed by atoms with Crippen LogP contribution in [-0.2, 0) is 11.3 Å². The van der Waals surface area contributed by atoms with Crippen LogP contribution in [0.3, 0.4) is 0 Å². The highest BCUT2D eigenvalue weighted by atomic mass is 16.2. The second-order valence-electron chi connectivity index (χ2n) is 7.61. The van der Waals surface area contributed by atoms with Crippen molar-refractivity contribution in [3.8, 4) is 0 Å². The molecule has 2 aromatic rings. The van der Waals surface area contributed by atoms with Crippen molar-refractivity contribution in [2.24, 2.45) is 0 Å². The third kappa shape index (κ3) is 3.75. The van der Waals surface area contributed by atoms with Gasteiger partial charge in [0.05, 0.1) is 0 Å². The summed E-state index contributed by atoms with van der Waals surface area (Å²) in [4.78, 5) is 28.0. The fourth-order valence-corrected chi connectivity index (χ4v) is 4.30. The molecule has 1 fully saturated rings. The molecule has 27 heavy (non-hydrogen) atoms. The molecule has 2 aliphatic rings. The van der Waals surface area contributed by atoms with Gasteiger partial charge in [0.2, 0.25) is 5.91 Å². The van der Waals surface area contributed by atoms with Gasteiger partial charge in [0.1, 0.15) is 6.04 Å². The minimum Gasteiger partial charge on any atom is -0.351 e. The zero-order valence-electron chi connectivity index (χ0n) is 15.6. The van der Waals surface area contributed by atoms with Gasteiger partial charge in [-0.15, -0.1) is 0 Å². The van der Waals surface area contributed by atoms with Crippen molar-refractivity contribution in [1.82, 2.24) is 10.2 Å². The lowest BCUT2D eigenvalue weighted by Crippen LogP contribution is -2.43. The Morgan fingerprint density at radius 1 is 0.926 bits per heavy atom. The summed E-state index contributed by atoms with van der Waals surface area (Å²) in [5.41, 5.74) is 2.50. The number of carbonyl (C=O) groups excluding carboxylic acids is 2. The fourth-order valence-electron chi connectivity index (χ4n) is 4.30. The topological polar surface area (TPSA) is 49.4 Å². The van der Waals surface area contributed by atoms with Gasteiger partial charge in [0.25, 0.3) is 5.91 Å². The van der Waals surface area contributed by atoms with Crippen LogP contribution in [0.25, 0.3) is 0 Å². The van der Waals surface area contributed by atoms with Gasteiger partial charge in [-0.3, -0.25) is 9.59 Å². The van der Waals surface area contributed by atoms with Crippen LogP contribution in [0, 0.1) is 0 Å². The van der Waals surface area contributed by atoms with Gasteiger partial charge in [0.15, 0.2) is 0 Å². The first kappa shape index (κ1) is 17.8. The van der Waals surface area contributed by atoms with Gasteiger partial charge in [-0.2, -0.15) is 0 Å². The number of rotatable bonds is 4. The molecule has 0 radical (unpaired) electrons. The predicted molar refractivity (Wildman–Crippen MR) is 105 cm³/mol. The lowest BCUT2D eigenvalue weighted by molar-refractivity contribution is -0.126. The van der Waals surface area contributed by atoms with E-state index in [9.17, 15) is 9.59 Å². The molecule has 1 aliphatic carbocycles. The Morgan fingerprint density at radius 3 is 2.33 bits per heavy atom. The molecule has 1 aliphatic heterocycles. The standard InChI is InChI=1S/C23H26N2O2/c26-22(24-18-12-6-1-2-7-13-18)21-19-14-8-9-15-20(19)23(27)25(21)16-17-10-4-3-5-11-17/h3-5,8-11,14-15,18,21H,1-2,6-7,12-13,16H2,(H,24,26)/t21-/m0/s1. The molecule has 0 aromatic heterocycles. The Morgan fingerprint density at radius 2 is 1.59 bits per heavy atom. The molecule has 0 spiro atoms. The monoisotopic (exact) mass is 362 g/mol. The molecule has 2 amide bonds. The first-order valence-corrected chi connectivity index (χ1v) is 9.98. The van der Waals surface area contributed by atoms with Crippen LogP contribution in [0.2, 0.25) is 0 Å². The van der Waals surface area contributed by atoms with Gasteiger partial charge in [-0.1, -0.05) is 74.2 Å². The molecular weight excluding hydrogens is 336 g/mol. The van der Waals surface area contributed by atoms with E-state index in [1.807, 2.05) is 54.6 Å². The Bertz CT molecular complexity index is 810. The van der Waals surface area contributed by atoms with Crippen LogP contribution < -0.4 is 5.32 Å². The van der Waals surface area contributed by atoms with Crippen LogP contribution in [0.5, 0.6) is 0 Å². The zero-order chi connectivity index (χ0) is 18.6. The van der Waals surface area contributed by atoms with Crippen molar-refractivity contribution in [2.45, 2.75) is 57.2 Å². The molecule has 4 nitrogen and oxygen atoms in total. The van der Waals surface area contributed by atoms with Gasteiger partial charge in [0, 0.05) is 18.2 Å².